The van der Waals surface area contributed by atoms with Gasteiger partial charge in [-0.15, -0.1) is 0 Å². The molecule has 1 rings (SSSR count). The highest BCUT2D eigenvalue weighted by atomic mass is 79.9. The van der Waals surface area contributed by atoms with Crippen LogP contribution in [0.2, 0.25) is 0 Å². The third-order valence-corrected chi connectivity index (χ3v) is 3.20. The Bertz CT molecular complexity index is 496. The number of hydrogen-bond acceptors (Lipinski definition) is 4. The number of benzene rings is 1. The summed E-state index contributed by atoms with van der Waals surface area (Å²) >= 11 is 3.15. The Kier molecular flexibility index (Phi) is 4.94. The van der Waals surface area contributed by atoms with Crippen LogP contribution in [0.25, 0.3) is 0 Å². The number of esters is 1. The topological polar surface area (TPSA) is 72.8 Å². The first-order valence-corrected chi connectivity index (χ1v) is 6.31. The number of methoxy groups -OCH3 is 1. The third kappa shape index (κ3) is 3.96. The summed E-state index contributed by atoms with van der Waals surface area (Å²) in [6.07, 6.45) is 0. The predicted octanol–water partition coefficient (Wildman–Crippen LogP) is 2.73. The maximum atomic E-state index is 11.5. The largest absolute Gasteiger partial charge is 0.492 e. The Balaban J connectivity index is 2.82. The zero-order valence-corrected chi connectivity index (χ0v) is 12.5. The molecule has 0 saturated carbocycles. The maximum absolute atomic E-state index is 11.5. The smallest absolute Gasteiger partial charge is 0.336 e. The fourth-order valence-electron chi connectivity index (χ4n) is 1.36. The van der Waals surface area contributed by atoms with Gasteiger partial charge in [-0.1, -0.05) is 0 Å². The monoisotopic (exact) mass is 330 g/mol. The van der Waals surface area contributed by atoms with E-state index in [-0.39, 0.29) is 18.1 Å². The minimum absolute atomic E-state index is 0.0976. The van der Waals surface area contributed by atoms with E-state index >= 15 is 0 Å². The first kappa shape index (κ1) is 15.5. The van der Waals surface area contributed by atoms with Crippen molar-refractivity contribution < 1.29 is 24.2 Å². The predicted molar refractivity (Wildman–Crippen MR) is 72.4 cm³/mol. The first-order chi connectivity index (χ1) is 8.77. The van der Waals surface area contributed by atoms with Crippen molar-refractivity contribution in [3.8, 4) is 5.75 Å². The van der Waals surface area contributed by atoms with Crippen LogP contribution in [0.15, 0.2) is 22.7 Å². The number of rotatable bonds is 5. The third-order valence-electron chi connectivity index (χ3n) is 2.51. The Labute approximate surface area is 119 Å². The molecule has 0 bridgehead atoms. The van der Waals surface area contributed by atoms with Crippen molar-refractivity contribution in [2.24, 2.45) is 5.41 Å². The summed E-state index contributed by atoms with van der Waals surface area (Å²) in [4.78, 5) is 22.5. The van der Waals surface area contributed by atoms with Gasteiger partial charge in [-0.3, -0.25) is 4.79 Å². The van der Waals surface area contributed by atoms with Crippen LogP contribution in [0.5, 0.6) is 5.75 Å². The number of carbonyl (C=O) groups is 2. The number of carbonyl (C=O) groups excluding carboxylic acids is 1. The summed E-state index contributed by atoms with van der Waals surface area (Å²) in [6.45, 7) is 3.48. The number of hydrogen-bond donors (Lipinski definition) is 1. The van der Waals surface area contributed by atoms with Gasteiger partial charge in [0.15, 0.2) is 0 Å². The van der Waals surface area contributed by atoms with Crippen LogP contribution in [0, 0.1) is 5.41 Å². The van der Waals surface area contributed by atoms with E-state index in [0.717, 1.165) is 0 Å². The quantitative estimate of drug-likeness (QED) is 0.840. The number of ether oxygens (including phenoxy) is 2. The van der Waals surface area contributed by atoms with Crippen LogP contribution >= 0.6 is 15.9 Å². The highest BCUT2D eigenvalue weighted by Crippen LogP contribution is 2.25. The second-order valence-electron chi connectivity index (χ2n) is 4.61. The van der Waals surface area contributed by atoms with Crippen molar-refractivity contribution in [1.82, 2.24) is 0 Å². The van der Waals surface area contributed by atoms with Gasteiger partial charge in [-0.05, 0) is 48.0 Å². The van der Waals surface area contributed by atoms with Gasteiger partial charge in [0, 0.05) is 4.47 Å². The van der Waals surface area contributed by atoms with E-state index in [1.54, 1.807) is 26.0 Å². The number of halogens is 1. The van der Waals surface area contributed by atoms with E-state index in [1.165, 1.54) is 13.2 Å². The molecule has 0 fully saturated rings. The van der Waals surface area contributed by atoms with E-state index in [0.29, 0.717) is 10.2 Å². The molecule has 0 aliphatic rings. The molecule has 0 aliphatic carbocycles. The van der Waals surface area contributed by atoms with Gasteiger partial charge in [0.05, 0.1) is 18.1 Å². The standard InChI is InChI=1S/C13H15BrO5/c1-13(2,12(17)18-3)7-19-8-4-5-10(14)9(6-8)11(15)16/h4-6H,7H2,1-3H3,(H,15,16). The highest BCUT2D eigenvalue weighted by Gasteiger charge is 2.29. The second-order valence-corrected chi connectivity index (χ2v) is 5.47. The minimum atomic E-state index is -1.05. The van der Waals surface area contributed by atoms with Crippen molar-refractivity contribution in [2.45, 2.75) is 13.8 Å². The second kappa shape index (κ2) is 6.06. The van der Waals surface area contributed by atoms with Crippen molar-refractivity contribution in [3.63, 3.8) is 0 Å². The van der Waals surface area contributed by atoms with Crippen LogP contribution in [-0.2, 0) is 9.53 Å². The molecule has 0 aliphatic heterocycles. The van der Waals surface area contributed by atoms with Gasteiger partial charge in [-0.2, -0.15) is 0 Å². The first-order valence-electron chi connectivity index (χ1n) is 5.52. The average molecular weight is 331 g/mol. The molecule has 104 valence electrons. The van der Waals surface area contributed by atoms with Gasteiger partial charge in [-0.25, -0.2) is 4.79 Å². The molecule has 5 nitrogen and oxygen atoms in total. The minimum Gasteiger partial charge on any atom is -0.492 e. The van der Waals surface area contributed by atoms with Gasteiger partial charge < -0.3 is 14.6 Å². The molecule has 0 atom stereocenters. The molecular weight excluding hydrogens is 316 g/mol. The number of carboxylic acid groups (broad SMARTS) is 1. The van der Waals surface area contributed by atoms with Gasteiger partial charge >= 0.3 is 11.9 Å². The summed E-state index contributed by atoms with van der Waals surface area (Å²) in [5.41, 5.74) is -0.695. The van der Waals surface area contributed by atoms with E-state index in [4.69, 9.17) is 9.84 Å². The van der Waals surface area contributed by atoms with E-state index in [2.05, 4.69) is 20.7 Å². The Hall–Kier alpha value is -1.56. The molecule has 0 spiro atoms. The summed E-state index contributed by atoms with van der Waals surface area (Å²) in [6, 6.07) is 4.62. The molecule has 0 aromatic heterocycles. The molecule has 0 amide bonds. The number of aromatic carboxylic acids is 1. The molecule has 1 aromatic rings. The molecule has 6 heteroatoms. The molecule has 1 N–H and O–H groups in total. The lowest BCUT2D eigenvalue weighted by Gasteiger charge is -2.21. The van der Waals surface area contributed by atoms with Crippen molar-refractivity contribution in [2.75, 3.05) is 13.7 Å². The molecular formula is C13H15BrO5. The van der Waals surface area contributed by atoms with E-state index in [1.807, 2.05) is 0 Å². The zero-order valence-electron chi connectivity index (χ0n) is 10.9. The normalized spacial score (nSPS) is 10.9. The van der Waals surface area contributed by atoms with Gasteiger partial charge in [0.1, 0.15) is 12.4 Å². The molecule has 0 unspecified atom stereocenters. The van der Waals surface area contributed by atoms with Crippen LogP contribution in [0.3, 0.4) is 0 Å². The highest BCUT2D eigenvalue weighted by molar-refractivity contribution is 9.10. The number of carboxylic acids is 1. The summed E-state index contributed by atoms with van der Waals surface area (Å²) < 4.78 is 10.6. The molecule has 1 aromatic carbocycles. The van der Waals surface area contributed by atoms with E-state index < -0.39 is 11.4 Å². The van der Waals surface area contributed by atoms with E-state index in [9.17, 15) is 9.59 Å². The zero-order chi connectivity index (χ0) is 14.6. The summed E-state index contributed by atoms with van der Waals surface area (Å²) in [7, 11) is 1.31. The van der Waals surface area contributed by atoms with Crippen LogP contribution in [-0.4, -0.2) is 30.8 Å². The molecule has 0 saturated heterocycles. The van der Waals surface area contributed by atoms with Crippen LogP contribution in [0.1, 0.15) is 24.2 Å². The average Bonchev–Trinajstić information content (AvgIpc) is 2.36. The molecule has 19 heavy (non-hydrogen) atoms. The van der Waals surface area contributed by atoms with Gasteiger partial charge in [0.2, 0.25) is 0 Å². The molecule has 0 radical (unpaired) electrons. The fourth-order valence-corrected chi connectivity index (χ4v) is 1.77. The Morgan fingerprint density at radius 2 is 2.00 bits per heavy atom. The summed E-state index contributed by atoms with van der Waals surface area (Å²) in [5, 5.41) is 8.98. The van der Waals surface area contributed by atoms with Crippen molar-refractivity contribution in [3.05, 3.63) is 28.2 Å². The van der Waals surface area contributed by atoms with Crippen molar-refractivity contribution >= 4 is 27.9 Å². The lowest BCUT2D eigenvalue weighted by molar-refractivity contribution is -0.152. The summed E-state index contributed by atoms with van der Waals surface area (Å²) in [5.74, 6) is -1.05. The Morgan fingerprint density at radius 1 is 1.37 bits per heavy atom. The lowest BCUT2D eigenvalue weighted by Crippen LogP contribution is -2.32. The Morgan fingerprint density at radius 3 is 2.53 bits per heavy atom. The maximum Gasteiger partial charge on any atom is 0.336 e. The van der Waals surface area contributed by atoms with Gasteiger partial charge in [0.25, 0.3) is 0 Å². The van der Waals surface area contributed by atoms with Crippen LogP contribution in [0.4, 0.5) is 0 Å². The van der Waals surface area contributed by atoms with Crippen LogP contribution < -0.4 is 4.74 Å². The SMILES string of the molecule is COC(=O)C(C)(C)COc1ccc(Br)c(C(=O)O)c1. The van der Waals surface area contributed by atoms with Crippen molar-refractivity contribution in [1.29, 1.82) is 0 Å². The molecule has 0 heterocycles. The lowest BCUT2D eigenvalue weighted by atomic mass is 9.95. The fraction of sp³-hybridized carbons (Fsp3) is 0.385.